The van der Waals surface area contributed by atoms with E-state index in [2.05, 4.69) is 11.4 Å². The van der Waals surface area contributed by atoms with Gasteiger partial charge in [0.05, 0.1) is 17.3 Å². The first kappa shape index (κ1) is 14.2. The minimum absolute atomic E-state index is 0.138. The van der Waals surface area contributed by atoms with Gasteiger partial charge in [0.1, 0.15) is 11.8 Å². The van der Waals surface area contributed by atoms with Crippen molar-refractivity contribution in [3.63, 3.8) is 0 Å². The van der Waals surface area contributed by atoms with Gasteiger partial charge in [-0.1, -0.05) is 23.7 Å². The van der Waals surface area contributed by atoms with Crippen LogP contribution in [0.1, 0.15) is 29.7 Å². The smallest absolute Gasteiger partial charge is 0.121 e. The summed E-state index contributed by atoms with van der Waals surface area (Å²) < 4.78 is 0. The van der Waals surface area contributed by atoms with Crippen LogP contribution in [0, 0.1) is 18.3 Å². The highest BCUT2D eigenvalue weighted by Crippen LogP contribution is 2.30. The predicted molar refractivity (Wildman–Crippen MR) is 81.0 cm³/mol. The third-order valence-electron chi connectivity index (χ3n) is 3.13. The van der Waals surface area contributed by atoms with E-state index in [1.165, 1.54) is 0 Å². The monoisotopic (exact) mass is 286 g/mol. The summed E-state index contributed by atoms with van der Waals surface area (Å²) >= 11 is 5.96. The van der Waals surface area contributed by atoms with Gasteiger partial charge in [-0.05, 0) is 43.7 Å². The molecule has 0 aliphatic carbocycles. The SMILES string of the molecule is Cc1ccc(C(C)Nc2cc(Cl)ccc2C#N)c(O)c1. The molecule has 1 atom stereocenters. The Hall–Kier alpha value is -2.18. The molecule has 0 saturated heterocycles. The topological polar surface area (TPSA) is 56.0 Å². The van der Waals surface area contributed by atoms with E-state index in [0.717, 1.165) is 11.1 Å². The zero-order valence-electron chi connectivity index (χ0n) is 11.3. The van der Waals surface area contributed by atoms with Crippen LogP contribution in [0.5, 0.6) is 5.75 Å². The number of nitriles is 1. The van der Waals surface area contributed by atoms with Crippen molar-refractivity contribution in [3.05, 3.63) is 58.1 Å². The van der Waals surface area contributed by atoms with Crippen molar-refractivity contribution in [2.24, 2.45) is 0 Å². The Morgan fingerprint density at radius 3 is 2.65 bits per heavy atom. The van der Waals surface area contributed by atoms with Crippen LogP contribution in [0.25, 0.3) is 0 Å². The molecular weight excluding hydrogens is 272 g/mol. The Morgan fingerprint density at radius 2 is 2.00 bits per heavy atom. The molecule has 0 aliphatic heterocycles. The van der Waals surface area contributed by atoms with Gasteiger partial charge >= 0.3 is 0 Å². The second kappa shape index (κ2) is 5.85. The van der Waals surface area contributed by atoms with Crippen molar-refractivity contribution in [1.29, 1.82) is 5.26 Å². The summed E-state index contributed by atoms with van der Waals surface area (Å²) in [6.07, 6.45) is 0. The summed E-state index contributed by atoms with van der Waals surface area (Å²) in [7, 11) is 0. The quantitative estimate of drug-likeness (QED) is 0.879. The molecule has 0 amide bonds. The number of aromatic hydroxyl groups is 1. The number of hydrogen-bond donors (Lipinski definition) is 2. The molecule has 2 aromatic carbocycles. The molecule has 0 spiro atoms. The number of anilines is 1. The van der Waals surface area contributed by atoms with E-state index in [4.69, 9.17) is 16.9 Å². The van der Waals surface area contributed by atoms with Crippen LogP contribution in [0.4, 0.5) is 5.69 Å². The molecule has 1 unspecified atom stereocenters. The van der Waals surface area contributed by atoms with Gasteiger partial charge in [0, 0.05) is 10.6 Å². The first-order chi connectivity index (χ1) is 9.51. The van der Waals surface area contributed by atoms with Gasteiger partial charge < -0.3 is 10.4 Å². The predicted octanol–water partition coefficient (Wildman–Crippen LogP) is 4.40. The molecule has 0 aromatic heterocycles. The van der Waals surface area contributed by atoms with E-state index in [9.17, 15) is 5.11 Å². The maximum atomic E-state index is 9.99. The van der Waals surface area contributed by atoms with Crippen molar-refractivity contribution >= 4 is 17.3 Å². The van der Waals surface area contributed by atoms with Gasteiger partial charge in [0.25, 0.3) is 0 Å². The lowest BCUT2D eigenvalue weighted by Gasteiger charge is -2.18. The maximum absolute atomic E-state index is 9.99. The van der Waals surface area contributed by atoms with E-state index >= 15 is 0 Å². The molecule has 20 heavy (non-hydrogen) atoms. The fourth-order valence-corrected chi connectivity index (χ4v) is 2.24. The Morgan fingerprint density at radius 1 is 1.25 bits per heavy atom. The molecular formula is C16H15ClN2O. The maximum Gasteiger partial charge on any atom is 0.121 e. The van der Waals surface area contributed by atoms with Crippen LogP contribution < -0.4 is 5.32 Å². The average molecular weight is 287 g/mol. The van der Waals surface area contributed by atoms with Crippen molar-refractivity contribution in [3.8, 4) is 11.8 Å². The van der Waals surface area contributed by atoms with E-state index in [-0.39, 0.29) is 11.8 Å². The fourth-order valence-electron chi connectivity index (χ4n) is 2.06. The van der Waals surface area contributed by atoms with Crippen molar-refractivity contribution in [1.82, 2.24) is 0 Å². The zero-order valence-corrected chi connectivity index (χ0v) is 12.1. The highest BCUT2D eigenvalue weighted by Gasteiger charge is 2.12. The Labute approximate surface area is 123 Å². The Bertz CT molecular complexity index is 677. The van der Waals surface area contributed by atoms with E-state index in [1.807, 2.05) is 26.0 Å². The summed E-state index contributed by atoms with van der Waals surface area (Å²) in [5, 5.41) is 22.9. The number of halogens is 1. The molecule has 3 nitrogen and oxygen atoms in total. The lowest BCUT2D eigenvalue weighted by Crippen LogP contribution is -2.08. The third kappa shape index (κ3) is 3.04. The van der Waals surface area contributed by atoms with Crippen LogP contribution in [-0.2, 0) is 0 Å². The number of phenolic OH excluding ortho intramolecular Hbond substituents is 1. The standard InChI is InChI=1S/C16H15ClN2O/c1-10-3-6-14(16(20)7-10)11(2)19-15-8-13(17)5-4-12(15)9-18/h3-8,11,19-20H,1-2H3. The van der Waals surface area contributed by atoms with Crippen molar-refractivity contribution < 1.29 is 5.11 Å². The molecule has 0 aliphatic rings. The largest absolute Gasteiger partial charge is 0.508 e. The molecule has 102 valence electrons. The van der Waals surface area contributed by atoms with Crippen LogP contribution in [-0.4, -0.2) is 5.11 Å². The normalized spacial score (nSPS) is 11.7. The number of aryl methyl sites for hydroxylation is 1. The number of rotatable bonds is 3. The molecule has 0 radical (unpaired) electrons. The van der Waals surface area contributed by atoms with Gasteiger partial charge in [-0.2, -0.15) is 5.26 Å². The van der Waals surface area contributed by atoms with Crippen molar-refractivity contribution in [2.75, 3.05) is 5.32 Å². The lowest BCUT2D eigenvalue weighted by atomic mass is 10.0. The first-order valence-corrected chi connectivity index (χ1v) is 6.64. The van der Waals surface area contributed by atoms with Crippen LogP contribution in [0.3, 0.4) is 0 Å². The van der Waals surface area contributed by atoms with Gasteiger partial charge in [-0.3, -0.25) is 0 Å². The first-order valence-electron chi connectivity index (χ1n) is 6.27. The highest BCUT2D eigenvalue weighted by atomic mass is 35.5. The molecule has 2 rings (SSSR count). The summed E-state index contributed by atoms with van der Waals surface area (Å²) in [4.78, 5) is 0. The summed E-state index contributed by atoms with van der Waals surface area (Å²) in [6, 6.07) is 12.6. The molecule has 0 saturated carbocycles. The Kier molecular flexibility index (Phi) is 4.16. The lowest BCUT2D eigenvalue weighted by molar-refractivity contribution is 0.465. The summed E-state index contributed by atoms with van der Waals surface area (Å²) in [5.74, 6) is 0.241. The van der Waals surface area contributed by atoms with E-state index < -0.39 is 0 Å². The highest BCUT2D eigenvalue weighted by molar-refractivity contribution is 6.30. The van der Waals surface area contributed by atoms with Gasteiger partial charge in [-0.15, -0.1) is 0 Å². The van der Waals surface area contributed by atoms with Gasteiger partial charge in [0.2, 0.25) is 0 Å². The van der Waals surface area contributed by atoms with Gasteiger partial charge in [0.15, 0.2) is 0 Å². The molecule has 0 bridgehead atoms. The van der Waals surface area contributed by atoms with E-state index in [1.54, 1.807) is 24.3 Å². The Balaban J connectivity index is 2.30. The van der Waals surface area contributed by atoms with Crippen LogP contribution in [0.2, 0.25) is 5.02 Å². The number of nitrogens with zero attached hydrogens (tertiary/aromatic N) is 1. The van der Waals surface area contributed by atoms with Crippen LogP contribution >= 0.6 is 11.6 Å². The second-order valence-corrected chi connectivity index (χ2v) is 5.17. The number of phenols is 1. The minimum Gasteiger partial charge on any atom is -0.508 e. The number of hydrogen-bond acceptors (Lipinski definition) is 3. The third-order valence-corrected chi connectivity index (χ3v) is 3.36. The number of nitrogens with one attached hydrogen (secondary N) is 1. The summed E-state index contributed by atoms with van der Waals surface area (Å²) in [6.45, 7) is 3.85. The van der Waals surface area contributed by atoms with E-state index in [0.29, 0.717) is 16.3 Å². The molecule has 2 N–H and O–H groups in total. The summed E-state index contributed by atoms with van der Waals surface area (Å²) in [5.41, 5.74) is 2.96. The minimum atomic E-state index is -0.138. The molecule has 2 aromatic rings. The second-order valence-electron chi connectivity index (χ2n) is 4.73. The molecule has 0 heterocycles. The van der Waals surface area contributed by atoms with Crippen molar-refractivity contribution in [2.45, 2.75) is 19.9 Å². The fraction of sp³-hybridized carbons (Fsp3) is 0.188. The molecule has 0 fully saturated rings. The van der Waals surface area contributed by atoms with Crippen LogP contribution in [0.15, 0.2) is 36.4 Å². The molecule has 4 heteroatoms. The number of benzene rings is 2. The average Bonchev–Trinajstić information content (AvgIpc) is 2.38. The zero-order chi connectivity index (χ0) is 14.7. The van der Waals surface area contributed by atoms with Gasteiger partial charge in [-0.25, -0.2) is 0 Å².